The van der Waals surface area contributed by atoms with Gasteiger partial charge >= 0.3 is 13.8 Å². The second-order valence-corrected chi connectivity index (χ2v) is 18.9. The van der Waals surface area contributed by atoms with Crippen molar-refractivity contribution in [3.63, 3.8) is 0 Å². The van der Waals surface area contributed by atoms with E-state index in [4.69, 9.17) is 18.5 Å². The number of unbranched alkanes of at least 4 members (excludes halogenated alkanes) is 25. The van der Waals surface area contributed by atoms with Crippen LogP contribution in [0.4, 0.5) is 0 Å². The van der Waals surface area contributed by atoms with Gasteiger partial charge in [0.2, 0.25) is 0 Å². The Balaban J connectivity index is 4.00. The van der Waals surface area contributed by atoms with Crippen LogP contribution in [0.2, 0.25) is 0 Å². The number of hydrogen-bond donors (Lipinski definition) is 1. The van der Waals surface area contributed by atoms with Crippen molar-refractivity contribution in [3.05, 3.63) is 36.5 Å². The number of hydrogen-bond acceptors (Lipinski definition) is 6. The average molecular weight is 841 g/mol. The highest BCUT2D eigenvalue weighted by atomic mass is 31.2. The Morgan fingerprint density at radius 2 is 0.983 bits per heavy atom. The standard InChI is InChI=1S/C49H94NO7P/c1-6-8-10-12-14-16-18-19-20-21-22-23-24-25-26-27-28-29-30-31-32-33-35-37-39-41-44-54-46-48(47-56-58(52,53)55-45-43-50(3,4)5)57-49(51)42-40-38-36-34-17-15-13-11-9-7-2/h11,13,18-19,21-22,48H,6-10,12,14-17,20,23-47H2,1-5H3/p+1/b13-11-,19-18-,22-21-. The molecule has 0 aliphatic carbocycles. The van der Waals surface area contributed by atoms with E-state index < -0.39 is 13.9 Å². The zero-order valence-electron chi connectivity index (χ0n) is 38.8. The average Bonchev–Trinajstić information content (AvgIpc) is 3.18. The molecule has 0 spiro atoms. The van der Waals surface area contributed by atoms with Crippen LogP contribution in [0.3, 0.4) is 0 Å². The van der Waals surface area contributed by atoms with Gasteiger partial charge in [0.15, 0.2) is 0 Å². The Morgan fingerprint density at radius 3 is 1.48 bits per heavy atom. The van der Waals surface area contributed by atoms with Crippen molar-refractivity contribution < 1.29 is 37.3 Å². The molecule has 0 aliphatic heterocycles. The molecule has 0 heterocycles. The van der Waals surface area contributed by atoms with Gasteiger partial charge in [-0.05, 0) is 64.2 Å². The fourth-order valence-electron chi connectivity index (χ4n) is 6.64. The van der Waals surface area contributed by atoms with E-state index in [1.807, 2.05) is 21.1 Å². The van der Waals surface area contributed by atoms with Crippen molar-refractivity contribution in [2.45, 2.75) is 219 Å². The highest BCUT2D eigenvalue weighted by Crippen LogP contribution is 2.43. The Kier molecular flexibility index (Phi) is 41.5. The molecule has 0 fully saturated rings. The molecular formula is C49H95NO7P+. The van der Waals surface area contributed by atoms with Crippen molar-refractivity contribution in [2.75, 3.05) is 54.1 Å². The summed E-state index contributed by atoms with van der Waals surface area (Å²) in [4.78, 5) is 22.8. The predicted molar refractivity (Wildman–Crippen MR) is 247 cm³/mol. The van der Waals surface area contributed by atoms with Gasteiger partial charge in [0.05, 0.1) is 34.4 Å². The van der Waals surface area contributed by atoms with Crippen molar-refractivity contribution in [1.82, 2.24) is 0 Å². The summed E-state index contributed by atoms with van der Waals surface area (Å²) in [6, 6.07) is 0. The van der Waals surface area contributed by atoms with E-state index >= 15 is 0 Å². The van der Waals surface area contributed by atoms with Crippen LogP contribution < -0.4 is 0 Å². The highest BCUT2D eigenvalue weighted by molar-refractivity contribution is 7.47. The molecule has 0 aliphatic rings. The smallest absolute Gasteiger partial charge is 0.457 e. The van der Waals surface area contributed by atoms with Gasteiger partial charge in [0.25, 0.3) is 0 Å². The van der Waals surface area contributed by atoms with E-state index in [2.05, 4.69) is 50.3 Å². The molecular weight excluding hydrogens is 746 g/mol. The first-order chi connectivity index (χ1) is 28.1. The SMILES string of the molecule is CCC/C=C\CCCCCCCC(=O)OC(COCCCCCCCCCCCCCCCC/C=C\C/C=C\CCCCCCC)COP(=O)(O)OCC[N+](C)(C)C. The molecule has 0 aromatic heterocycles. The van der Waals surface area contributed by atoms with Gasteiger partial charge in [-0.25, -0.2) is 4.57 Å². The molecule has 0 radical (unpaired) electrons. The van der Waals surface area contributed by atoms with Crippen LogP contribution in [0, 0.1) is 0 Å². The Morgan fingerprint density at radius 1 is 0.534 bits per heavy atom. The Labute approximate surface area is 359 Å². The quantitative estimate of drug-likeness (QED) is 0.0215. The number of phosphoric acid groups is 1. The van der Waals surface area contributed by atoms with E-state index in [9.17, 15) is 14.3 Å². The summed E-state index contributed by atoms with van der Waals surface area (Å²) in [6.45, 7) is 5.55. The lowest BCUT2D eigenvalue weighted by molar-refractivity contribution is -0.870. The predicted octanol–water partition coefficient (Wildman–Crippen LogP) is 14.6. The fourth-order valence-corrected chi connectivity index (χ4v) is 7.39. The summed E-state index contributed by atoms with van der Waals surface area (Å²) in [7, 11) is 1.66. The number of ether oxygens (including phenoxy) is 2. The number of phosphoric ester groups is 1. The molecule has 0 aromatic rings. The van der Waals surface area contributed by atoms with Crippen LogP contribution in [0.5, 0.6) is 0 Å². The van der Waals surface area contributed by atoms with Gasteiger partial charge in [-0.15, -0.1) is 0 Å². The second kappa shape index (κ2) is 42.4. The number of quaternary nitrogens is 1. The maximum absolute atomic E-state index is 12.6. The van der Waals surface area contributed by atoms with Gasteiger partial charge in [0.1, 0.15) is 19.3 Å². The summed E-state index contributed by atoms with van der Waals surface area (Å²) in [5.74, 6) is -0.324. The fraction of sp³-hybridized carbons (Fsp3) is 0.857. The van der Waals surface area contributed by atoms with Gasteiger partial charge in [-0.3, -0.25) is 13.8 Å². The molecule has 9 heteroatoms. The van der Waals surface area contributed by atoms with E-state index in [1.54, 1.807) is 0 Å². The zero-order valence-corrected chi connectivity index (χ0v) is 39.7. The van der Waals surface area contributed by atoms with Crippen molar-refractivity contribution in [2.24, 2.45) is 0 Å². The maximum atomic E-state index is 12.6. The van der Waals surface area contributed by atoms with E-state index in [0.29, 0.717) is 24.1 Å². The molecule has 0 rings (SSSR count). The second-order valence-electron chi connectivity index (χ2n) is 17.5. The lowest BCUT2D eigenvalue weighted by Gasteiger charge is -2.24. The van der Waals surface area contributed by atoms with Gasteiger partial charge in [-0.2, -0.15) is 0 Å². The van der Waals surface area contributed by atoms with Crippen LogP contribution in [0.1, 0.15) is 213 Å². The summed E-state index contributed by atoms with van der Waals surface area (Å²) in [6.07, 6.45) is 50.6. The number of nitrogens with zero attached hydrogens (tertiary/aromatic N) is 1. The third kappa shape index (κ3) is 45.8. The molecule has 2 atom stereocenters. The summed E-state index contributed by atoms with van der Waals surface area (Å²) in [5.41, 5.74) is 0. The molecule has 58 heavy (non-hydrogen) atoms. The van der Waals surface area contributed by atoms with Gasteiger partial charge in [-0.1, -0.05) is 179 Å². The number of rotatable bonds is 45. The molecule has 1 N–H and O–H groups in total. The third-order valence-corrected chi connectivity index (χ3v) is 11.4. The first-order valence-electron chi connectivity index (χ1n) is 24.2. The first kappa shape index (κ1) is 56.7. The number of likely N-dealkylation sites (N-methyl/N-ethyl adjacent to an activating group) is 1. The molecule has 8 nitrogen and oxygen atoms in total. The first-order valence-corrected chi connectivity index (χ1v) is 25.7. The van der Waals surface area contributed by atoms with Crippen LogP contribution in [0.25, 0.3) is 0 Å². The van der Waals surface area contributed by atoms with Crippen molar-refractivity contribution in [1.29, 1.82) is 0 Å². The molecule has 0 saturated carbocycles. The van der Waals surface area contributed by atoms with Crippen molar-refractivity contribution >= 4 is 13.8 Å². The third-order valence-electron chi connectivity index (χ3n) is 10.4. The lowest BCUT2D eigenvalue weighted by Crippen LogP contribution is -2.37. The molecule has 0 saturated heterocycles. The van der Waals surface area contributed by atoms with Crippen LogP contribution in [-0.2, 0) is 27.9 Å². The van der Waals surface area contributed by atoms with Gasteiger partial charge < -0.3 is 18.9 Å². The topological polar surface area (TPSA) is 91.3 Å². The van der Waals surface area contributed by atoms with Gasteiger partial charge in [0, 0.05) is 13.0 Å². The minimum atomic E-state index is -4.27. The number of carbonyl (C=O) groups is 1. The minimum Gasteiger partial charge on any atom is -0.457 e. The van der Waals surface area contributed by atoms with E-state index in [1.165, 1.54) is 135 Å². The lowest BCUT2D eigenvalue weighted by atomic mass is 10.0. The van der Waals surface area contributed by atoms with Crippen LogP contribution >= 0.6 is 7.82 Å². The molecule has 0 aromatic carbocycles. The number of carbonyl (C=O) groups excluding carboxylic acids is 1. The van der Waals surface area contributed by atoms with Crippen molar-refractivity contribution in [3.8, 4) is 0 Å². The Bertz CT molecular complexity index is 1020. The molecule has 2 unspecified atom stereocenters. The highest BCUT2D eigenvalue weighted by Gasteiger charge is 2.26. The molecule has 0 amide bonds. The maximum Gasteiger partial charge on any atom is 0.472 e. The normalized spacial score (nSPS) is 14.0. The van der Waals surface area contributed by atoms with E-state index in [-0.39, 0.29) is 25.8 Å². The zero-order chi connectivity index (χ0) is 42.7. The Hall–Kier alpha value is -1.28. The molecule has 0 bridgehead atoms. The minimum absolute atomic E-state index is 0.0874. The van der Waals surface area contributed by atoms with E-state index in [0.717, 1.165) is 57.8 Å². The summed E-state index contributed by atoms with van der Waals surface area (Å²) < 4.78 is 35.0. The monoisotopic (exact) mass is 841 g/mol. The summed E-state index contributed by atoms with van der Waals surface area (Å²) in [5, 5.41) is 0. The number of esters is 1. The molecule has 342 valence electrons. The largest absolute Gasteiger partial charge is 0.472 e. The van der Waals surface area contributed by atoms with Crippen LogP contribution in [0.15, 0.2) is 36.5 Å². The summed E-state index contributed by atoms with van der Waals surface area (Å²) >= 11 is 0. The number of allylic oxidation sites excluding steroid dienone is 6. The van der Waals surface area contributed by atoms with Crippen LogP contribution in [-0.4, -0.2) is 75.6 Å².